The SMILES string of the molecule is COC(=O)c1ccc(COc2ccc(C=C(C#N)C#N)cc2OC)cc1. The average Bonchev–Trinajstić information content (AvgIpc) is 2.70. The van der Waals surface area contributed by atoms with Crippen molar-refractivity contribution >= 4 is 12.0 Å². The number of rotatable bonds is 6. The number of carbonyl (C=O) groups is 1. The zero-order valence-electron chi connectivity index (χ0n) is 14.4. The first-order valence-electron chi connectivity index (χ1n) is 7.61. The van der Waals surface area contributed by atoms with Gasteiger partial charge in [0.15, 0.2) is 11.5 Å². The summed E-state index contributed by atoms with van der Waals surface area (Å²) in [6.45, 7) is 0.286. The van der Waals surface area contributed by atoms with Crippen LogP contribution >= 0.6 is 0 Å². The molecule has 0 N–H and O–H groups in total. The Balaban J connectivity index is 2.12. The number of hydrogen-bond acceptors (Lipinski definition) is 6. The number of allylic oxidation sites excluding steroid dienone is 1. The number of esters is 1. The Morgan fingerprint density at radius 3 is 2.31 bits per heavy atom. The van der Waals surface area contributed by atoms with Gasteiger partial charge in [-0.1, -0.05) is 18.2 Å². The first-order chi connectivity index (χ1) is 12.6. The van der Waals surface area contributed by atoms with Gasteiger partial charge >= 0.3 is 5.97 Å². The number of benzene rings is 2. The van der Waals surface area contributed by atoms with Gasteiger partial charge in [0.25, 0.3) is 0 Å². The van der Waals surface area contributed by atoms with Crippen molar-refractivity contribution in [2.45, 2.75) is 6.61 Å². The second-order valence-electron chi connectivity index (χ2n) is 5.17. The maximum absolute atomic E-state index is 11.4. The Labute approximate surface area is 151 Å². The maximum atomic E-state index is 11.4. The molecule has 0 atom stereocenters. The summed E-state index contributed by atoms with van der Waals surface area (Å²) in [7, 11) is 2.84. The molecule has 0 aliphatic heterocycles. The van der Waals surface area contributed by atoms with E-state index in [2.05, 4.69) is 4.74 Å². The minimum atomic E-state index is -0.392. The normalized spacial score (nSPS) is 9.38. The highest BCUT2D eigenvalue weighted by molar-refractivity contribution is 5.89. The third-order valence-corrected chi connectivity index (χ3v) is 3.51. The van der Waals surface area contributed by atoms with Crippen LogP contribution in [0.5, 0.6) is 11.5 Å². The molecule has 0 amide bonds. The molecule has 0 saturated heterocycles. The lowest BCUT2D eigenvalue weighted by Gasteiger charge is -2.11. The topological polar surface area (TPSA) is 92.3 Å². The first-order valence-corrected chi connectivity index (χ1v) is 7.61. The second-order valence-corrected chi connectivity index (χ2v) is 5.17. The highest BCUT2D eigenvalue weighted by Gasteiger charge is 2.08. The minimum Gasteiger partial charge on any atom is -0.493 e. The van der Waals surface area contributed by atoms with Gasteiger partial charge in [-0.25, -0.2) is 4.79 Å². The third-order valence-electron chi connectivity index (χ3n) is 3.51. The summed E-state index contributed by atoms with van der Waals surface area (Å²) in [6.07, 6.45) is 1.47. The van der Waals surface area contributed by atoms with Crippen LogP contribution in [0, 0.1) is 22.7 Å². The summed E-state index contributed by atoms with van der Waals surface area (Å²) in [5, 5.41) is 17.6. The minimum absolute atomic E-state index is 0.00594. The fourth-order valence-electron chi connectivity index (χ4n) is 2.17. The molecule has 0 spiro atoms. The van der Waals surface area contributed by atoms with Crippen molar-refractivity contribution in [3.8, 4) is 23.6 Å². The molecule has 0 saturated carbocycles. The molecule has 130 valence electrons. The standard InChI is InChI=1S/C20H16N2O4/c1-24-19-10-15(9-16(11-21)12-22)5-8-18(19)26-13-14-3-6-17(7-4-14)20(23)25-2/h3-10H,13H2,1-2H3. The lowest BCUT2D eigenvalue weighted by atomic mass is 10.1. The predicted octanol–water partition coefficient (Wildman–Crippen LogP) is 3.49. The van der Waals surface area contributed by atoms with Crippen molar-refractivity contribution in [2.24, 2.45) is 0 Å². The van der Waals surface area contributed by atoms with Crippen LogP contribution in [-0.4, -0.2) is 20.2 Å². The van der Waals surface area contributed by atoms with Gasteiger partial charge in [-0.2, -0.15) is 10.5 Å². The van der Waals surface area contributed by atoms with Crippen molar-refractivity contribution in [3.05, 3.63) is 64.7 Å². The van der Waals surface area contributed by atoms with E-state index < -0.39 is 5.97 Å². The van der Waals surface area contributed by atoms with Crippen molar-refractivity contribution in [2.75, 3.05) is 14.2 Å². The molecule has 0 radical (unpaired) electrons. The van der Waals surface area contributed by atoms with Gasteiger partial charge in [0.1, 0.15) is 24.3 Å². The van der Waals surface area contributed by atoms with Gasteiger partial charge in [0.05, 0.1) is 19.8 Å². The van der Waals surface area contributed by atoms with Crippen LogP contribution in [0.4, 0.5) is 0 Å². The van der Waals surface area contributed by atoms with Crippen LogP contribution in [0.1, 0.15) is 21.5 Å². The van der Waals surface area contributed by atoms with Crippen molar-refractivity contribution in [1.82, 2.24) is 0 Å². The van der Waals surface area contributed by atoms with Crippen LogP contribution in [0.3, 0.4) is 0 Å². The van der Waals surface area contributed by atoms with Crippen molar-refractivity contribution in [1.29, 1.82) is 10.5 Å². The third kappa shape index (κ3) is 4.62. The lowest BCUT2D eigenvalue weighted by molar-refractivity contribution is 0.0600. The Morgan fingerprint density at radius 2 is 1.73 bits per heavy atom. The van der Waals surface area contributed by atoms with Gasteiger partial charge < -0.3 is 14.2 Å². The lowest BCUT2D eigenvalue weighted by Crippen LogP contribution is -2.02. The molecule has 0 unspecified atom stereocenters. The molecule has 2 aromatic rings. The molecule has 0 bridgehead atoms. The van der Waals surface area contributed by atoms with Crippen LogP contribution in [0.25, 0.3) is 6.08 Å². The summed E-state index contributed by atoms with van der Waals surface area (Å²) < 4.78 is 15.7. The number of methoxy groups -OCH3 is 2. The fourth-order valence-corrected chi connectivity index (χ4v) is 2.17. The molecule has 0 heterocycles. The number of nitrogens with zero attached hydrogens (tertiary/aromatic N) is 2. The molecular formula is C20H16N2O4. The molecule has 0 aromatic heterocycles. The Kier molecular flexibility index (Phi) is 6.36. The maximum Gasteiger partial charge on any atom is 0.337 e. The van der Waals surface area contributed by atoms with E-state index in [-0.39, 0.29) is 12.2 Å². The number of hydrogen-bond donors (Lipinski definition) is 0. The van der Waals surface area contributed by atoms with E-state index in [0.29, 0.717) is 22.6 Å². The monoisotopic (exact) mass is 348 g/mol. The molecule has 0 aliphatic carbocycles. The Morgan fingerprint density at radius 1 is 1.04 bits per heavy atom. The predicted molar refractivity (Wildman–Crippen MR) is 94.3 cm³/mol. The van der Waals surface area contributed by atoms with Crippen LogP contribution < -0.4 is 9.47 Å². The van der Waals surface area contributed by atoms with E-state index in [0.717, 1.165) is 5.56 Å². The largest absolute Gasteiger partial charge is 0.493 e. The fraction of sp³-hybridized carbons (Fsp3) is 0.150. The summed E-state index contributed by atoms with van der Waals surface area (Å²) >= 11 is 0. The Bertz CT molecular complexity index is 887. The number of carbonyl (C=O) groups excluding carboxylic acids is 1. The van der Waals surface area contributed by atoms with Crippen LogP contribution in [0.2, 0.25) is 0 Å². The zero-order valence-corrected chi connectivity index (χ0v) is 14.4. The zero-order chi connectivity index (χ0) is 18.9. The van der Waals surface area contributed by atoms with E-state index in [1.54, 1.807) is 42.5 Å². The van der Waals surface area contributed by atoms with Gasteiger partial charge in [-0.05, 0) is 41.5 Å². The molecule has 6 nitrogen and oxygen atoms in total. The first kappa shape index (κ1) is 18.6. The molecule has 2 aromatic carbocycles. The van der Waals surface area contributed by atoms with Gasteiger partial charge in [0, 0.05) is 0 Å². The summed E-state index contributed by atoms with van der Waals surface area (Å²) in [4.78, 5) is 11.4. The molecule has 0 fully saturated rings. The average molecular weight is 348 g/mol. The van der Waals surface area contributed by atoms with Gasteiger partial charge in [0.2, 0.25) is 0 Å². The van der Waals surface area contributed by atoms with Crippen LogP contribution in [-0.2, 0) is 11.3 Å². The van der Waals surface area contributed by atoms with Crippen molar-refractivity contribution in [3.63, 3.8) is 0 Å². The molecule has 0 aliphatic rings. The summed E-state index contributed by atoms with van der Waals surface area (Å²) in [6, 6.07) is 15.6. The van der Waals surface area contributed by atoms with Crippen LogP contribution in [0.15, 0.2) is 48.0 Å². The molecular weight excluding hydrogens is 332 g/mol. The van der Waals surface area contributed by atoms with E-state index in [1.807, 2.05) is 12.1 Å². The summed E-state index contributed by atoms with van der Waals surface area (Å²) in [5.41, 5.74) is 2.01. The van der Waals surface area contributed by atoms with Crippen molar-refractivity contribution < 1.29 is 19.0 Å². The van der Waals surface area contributed by atoms with Gasteiger partial charge in [-0.3, -0.25) is 0 Å². The smallest absolute Gasteiger partial charge is 0.337 e. The highest BCUT2D eigenvalue weighted by Crippen LogP contribution is 2.29. The summed E-state index contributed by atoms with van der Waals surface area (Å²) in [5.74, 6) is 0.620. The van der Waals surface area contributed by atoms with Gasteiger partial charge in [-0.15, -0.1) is 0 Å². The quantitative estimate of drug-likeness (QED) is 0.586. The van der Waals surface area contributed by atoms with E-state index in [1.165, 1.54) is 20.3 Å². The van der Waals surface area contributed by atoms with E-state index >= 15 is 0 Å². The van der Waals surface area contributed by atoms with E-state index in [4.69, 9.17) is 20.0 Å². The highest BCUT2D eigenvalue weighted by atomic mass is 16.5. The molecule has 26 heavy (non-hydrogen) atoms. The Hall–Kier alpha value is -3.77. The molecule has 6 heteroatoms. The molecule has 2 rings (SSSR count). The second kappa shape index (κ2) is 8.91. The van der Waals surface area contributed by atoms with E-state index in [9.17, 15) is 4.79 Å². The number of nitriles is 2. The number of ether oxygens (including phenoxy) is 3.